The highest BCUT2D eigenvalue weighted by Crippen LogP contribution is 2.31. The van der Waals surface area contributed by atoms with Gasteiger partial charge in [-0.1, -0.05) is 35.9 Å². The first-order valence-electron chi connectivity index (χ1n) is 10.6. The molecule has 9 heteroatoms. The van der Waals surface area contributed by atoms with Crippen molar-refractivity contribution in [2.45, 2.75) is 26.0 Å². The van der Waals surface area contributed by atoms with Gasteiger partial charge in [-0.15, -0.1) is 0 Å². The number of amides is 2. The average molecular weight is 497 g/mol. The van der Waals surface area contributed by atoms with E-state index < -0.39 is 27.7 Å². The Hall–Kier alpha value is -3.41. The Morgan fingerprint density at radius 1 is 1.12 bits per heavy atom. The van der Waals surface area contributed by atoms with Gasteiger partial charge in [0.25, 0.3) is 11.8 Å². The number of halogens is 1. The van der Waals surface area contributed by atoms with E-state index in [1.54, 1.807) is 49.4 Å². The lowest BCUT2D eigenvalue weighted by Gasteiger charge is -2.31. The van der Waals surface area contributed by atoms with Gasteiger partial charge in [0.15, 0.2) is 9.84 Å². The van der Waals surface area contributed by atoms with Crippen molar-refractivity contribution in [2.75, 3.05) is 11.5 Å². The van der Waals surface area contributed by atoms with Crippen molar-refractivity contribution in [3.05, 3.63) is 81.4 Å². The molecule has 34 heavy (non-hydrogen) atoms. The normalized spacial score (nSPS) is 21.1. The molecular formula is C25H21ClN2O5S. The van der Waals surface area contributed by atoms with E-state index in [0.717, 1.165) is 10.5 Å². The summed E-state index contributed by atoms with van der Waals surface area (Å²) in [5.41, 5.74) is 1.95. The summed E-state index contributed by atoms with van der Waals surface area (Å²) in [6.07, 6.45) is 1.77. The van der Waals surface area contributed by atoms with Crippen LogP contribution in [0.5, 0.6) is 5.75 Å². The zero-order valence-corrected chi connectivity index (χ0v) is 19.9. The average Bonchev–Trinajstić information content (AvgIpc) is 3.16. The predicted octanol–water partition coefficient (Wildman–Crippen LogP) is 3.70. The first-order chi connectivity index (χ1) is 16.2. The van der Waals surface area contributed by atoms with Gasteiger partial charge in [-0.05, 0) is 60.4 Å². The first-order valence-corrected chi connectivity index (χ1v) is 12.8. The van der Waals surface area contributed by atoms with Gasteiger partial charge in [-0.25, -0.2) is 8.42 Å². The van der Waals surface area contributed by atoms with Crippen LogP contribution in [0.1, 0.15) is 24.5 Å². The summed E-state index contributed by atoms with van der Waals surface area (Å²) >= 11 is 5.89. The van der Waals surface area contributed by atoms with Crippen LogP contribution in [-0.4, -0.2) is 42.7 Å². The number of benzene rings is 2. The third-order valence-corrected chi connectivity index (χ3v) is 7.86. The van der Waals surface area contributed by atoms with Crippen LogP contribution in [0.4, 0.5) is 0 Å². The van der Waals surface area contributed by atoms with E-state index in [2.05, 4.69) is 0 Å². The molecule has 1 unspecified atom stereocenters. The van der Waals surface area contributed by atoms with E-state index in [1.807, 2.05) is 18.2 Å². The van der Waals surface area contributed by atoms with E-state index in [-0.39, 0.29) is 34.6 Å². The van der Waals surface area contributed by atoms with Crippen LogP contribution < -0.4 is 4.74 Å². The van der Waals surface area contributed by atoms with Crippen LogP contribution >= 0.6 is 11.6 Å². The summed E-state index contributed by atoms with van der Waals surface area (Å²) in [7, 11) is -3.32. The van der Waals surface area contributed by atoms with Crippen LogP contribution in [-0.2, 0) is 26.0 Å². The number of nitriles is 1. The Kier molecular flexibility index (Phi) is 6.60. The highest BCUT2D eigenvalue weighted by molar-refractivity contribution is 7.91. The lowest BCUT2D eigenvalue weighted by molar-refractivity contribution is -0.142. The standard InChI is InChI=1S/C25H21ClN2O5S/c1-16-22(24(29)28(25(30)23(16)13-27)20-10-11-34(31,32)15-20)12-17-4-8-21(9-5-17)33-14-18-2-6-19(26)7-3-18/h2-9,12,20H,10-11,14-15H2,1H3/b22-12-. The Bertz CT molecular complexity index is 1350. The summed E-state index contributed by atoms with van der Waals surface area (Å²) in [5.74, 6) is -1.07. The smallest absolute Gasteiger partial charge is 0.271 e. The molecule has 2 aromatic rings. The largest absolute Gasteiger partial charge is 0.489 e. The number of ether oxygens (including phenoxy) is 1. The number of rotatable bonds is 5. The maximum Gasteiger partial charge on any atom is 0.271 e. The molecule has 2 aliphatic rings. The second-order valence-electron chi connectivity index (χ2n) is 8.19. The quantitative estimate of drug-likeness (QED) is 0.461. The molecule has 2 amide bonds. The van der Waals surface area contributed by atoms with Gasteiger partial charge in [0.05, 0.1) is 17.5 Å². The Morgan fingerprint density at radius 2 is 1.79 bits per heavy atom. The number of imide groups is 1. The van der Waals surface area contributed by atoms with E-state index in [1.165, 1.54) is 0 Å². The van der Waals surface area contributed by atoms with Crippen LogP contribution in [0.2, 0.25) is 5.02 Å². The van der Waals surface area contributed by atoms with Crippen molar-refractivity contribution in [2.24, 2.45) is 0 Å². The summed E-state index contributed by atoms with van der Waals surface area (Å²) in [4.78, 5) is 27.0. The molecule has 0 aromatic heterocycles. The molecule has 0 spiro atoms. The number of carbonyl (C=O) groups is 2. The molecule has 1 atom stereocenters. The van der Waals surface area contributed by atoms with Gasteiger partial charge in [-0.3, -0.25) is 14.5 Å². The number of hydrogen-bond donors (Lipinski definition) is 0. The minimum absolute atomic E-state index is 0.0875. The van der Waals surface area contributed by atoms with Crippen LogP contribution in [0.25, 0.3) is 6.08 Å². The van der Waals surface area contributed by atoms with Gasteiger partial charge >= 0.3 is 0 Å². The molecule has 1 fully saturated rings. The molecule has 2 aromatic carbocycles. The van der Waals surface area contributed by atoms with Crippen molar-refractivity contribution < 1.29 is 22.7 Å². The fourth-order valence-corrected chi connectivity index (χ4v) is 5.81. The summed E-state index contributed by atoms with van der Waals surface area (Å²) in [6.45, 7) is 1.91. The maximum absolute atomic E-state index is 13.2. The van der Waals surface area contributed by atoms with Gasteiger partial charge in [0.1, 0.15) is 24.0 Å². The molecule has 1 saturated heterocycles. The number of hydrogen-bond acceptors (Lipinski definition) is 6. The zero-order chi connectivity index (χ0) is 24.5. The number of sulfone groups is 1. The van der Waals surface area contributed by atoms with E-state index in [0.29, 0.717) is 22.9 Å². The Labute approximate surface area is 202 Å². The topological polar surface area (TPSA) is 105 Å². The molecule has 0 radical (unpaired) electrons. The highest BCUT2D eigenvalue weighted by atomic mass is 35.5. The number of nitrogens with zero attached hydrogens (tertiary/aromatic N) is 2. The minimum atomic E-state index is -3.32. The van der Waals surface area contributed by atoms with Crippen molar-refractivity contribution in [3.8, 4) is 11.8 Å². The second-order valence-corrected chi connectivity index (χ2v) is 10.9. The molecule has 2 aliphatic heterocycles. The van der Waals surface area contributed by atoms with Gasteiger partial charge in [0.2, 0.25) is 0 Å². The minimum Gasteiger partial charge on any atom is -0.489 e. The highest BCUT2D eigenvalue weighted by Gasteiger charge is 2.43. The molecule has 0 N–H and O–H groups in total. The van der Waals surface area contributed by atoms with Crippen molar-refractivity contribution in [3.63, 3.8) is 0 Å². The van der Waals surface area contributed by atoms with Crippen molar-refractivity contribution >= 4 is 39.3 Å². The van der Waals surface area contributed by atoms with Gasteiger partial charge < -0.3 is 4.74 Å². The molecule has 7 nitrogen and oxygen atoms in total. The third-order valence-electron chi connectivity index (χ3n) is 5.86. The van der Waals surface area contributed by atoms with Crippen LogP contribution in [0, 0.1) is 11.3 Å². The summed E-state index contributed by atoms with van der Waals surface area (Å²) in [6, 6.07) is 15.5. The fourth-order valence-electron chi connectivity index (χ4n) is 3.98. The summed E-state index contributed by atoms with van der Waals surface area (Å²) in [5, 5.41) is 10.2. The van der Waals surface area contributed by atoms with E-state index in [9.17, 15) is 23.3 Å². The third kappa shape index (κ3) is 4.91. The fraction of sp³-hybridized carbons (Fsp3) is 0.240. The van der Waals surface area contributed by atoms with Crippen molar-refractivity contribution in [1.82, 2.24) is 4.90 Å². The number of carbonyl (C=O) groups excluding carboxylic acids is 2. The van der Waals surface area contributed by atoms with Gasteiger partial charge in [0, 0.05) is 10.6 Å². The van der Waals surface area contributed by atoms with E-state index in [4.69, 9.17) is 16.3 Å². The lowest BCUT2D eigenvalue weighted by Crippen LogP contribution is -2.49. The maximum atomic E-state index is 13.2. The van der Waals surface area contributed by atoms with Crippen molar-refractivity contribution in [1.29, 1.82) is 5.26 Å². The van der Waals surface area contributed by atoms with Gasteiger partial charge in [-0.2, -0.15) is 5.26 Å². The molecule has 0 aliphatic carbocycles. The molecular weight excluding hydrogens is 476 g/mol. The molecule has 0 saturated carbocycles. The zero-order valence-electron chi connectivity index (χ0n) is 18.3. The van der Waals surface area contributed by atoms with Crippen LogP contribution in [0.3, 0.4) is 0 Å². The lowest BCUT2D eigenvalue weighted by atomic mass is 9.92. The monoisotopic (exact) mass is 496 g/mol. The molecule has 4 rings (SSSR count). The molecule has 2 heterocycles. The Morgan fingerprint density at radius 3 is 2.38 bits per heavy atom. The molecule has 0 bridgehead atoms. The second kappa shape index (κ2) is 9.45. The first kappa shape index (κ1) is 23.7. The summed E-state index contributed by atoms with van der Waals surface area (Å²) < 4.78 is 29.6. The Balaban J connectivity index is 1.57. The predicted molar refractivity (Wildman–Crippen MR) is 127 cm³/mol. The molecule has 174 valence electrons. The van der Waals surface area contributed by atoms with Crippen LogP contribution in [0.15, 0.2) is 65.3 Å². The SMILES string of the molecule is CC1=C(C#N)C(=O)N(C2CCS(=O)(=O)C2)C(=O)/C1=C\c1ccc(OCc2ccc(Cl)cc2)cc1. The van der Waals surface area contributed by atoms with E-state index >= 15 is 0 Å².